The summed E-state index contributed by atoms with van der Waals surface area (Å²) in [5.74, 6) is 6.25. The smallest absolute Gasteiger partial charge is 0.0642 e. The fraction of sp³-hybridized carbons (Fsp3) is 0.667. The van der Waals surface area contributed by atoms with Crippen LogP contribution >= 0.6 is 0 Å². The SMILES string of the molecule is Cc1nn(C)cc1C(NN)C1CC1. The van der Waals surface area contributed by atoms with Gasteiger partial charge in [0, 0.05) is 18.8 Å². The van der Waals surface area contributed by atoms with Crippen LogP contribution in [-0.4, -0.2) is 9.78 Å². The topological polar surface area (TPSA) is 55.9 Å². The summed E-state index contributed by atoms with van der Waals surface area (Å²) >= 11 is 0. The molecule has 1 saturated carbocycles. The molecule has 0 aromatic carbocycles. The molecule has 0 spiro atoms. The molecule has 1 aliphatic rings. The highest BCUT2D eigenvalue weighted by Crippen LogP contribution is 2.41. The van der Waals surface area contributed by atoms with E-state index >= 15 is 0 Å². The van der Waals surface area contributed by atoms with E-state index in [4.69, 9.17) is 5.84 Å². The maximum absolute atomic E-state index is 5.54. The molecule has 0 radical (unpaired) electrons. The number of aromatic nitrogens is 2. The lowest BCUT2D eigenvalue weighted by Crippen LogP contribution is -2.29. The lowest BCUT2D eigenvalue weighted by Gasteiger charge is -2.13. The van der Waals surface area contributed by atoms with Crippen molar-refractivity contribution in [3.05, 3.63) is 17.5 Å². The Labute approximate surface area is 78.1 Å². The van der Waals surface area contributed by atoms with Crippen molar-refractivity contribution in [2.45, 2.75) is 25.8 Å². The van der Waals surface area contributed by atoms with E-state index in [9.17, 15) is 0 Å². The van der Waals surface area contributed by atoms with E-state index in [1.807, 2.05) is 18.7 Å². The highest BCUT2D eigenvalue weighted by molar-refractivity contribution is 5.22. The highest BCUT2D eigenvalue weighted by atomic mass is 15.3. The van der Waals surface area contributed by atoms with Gasteiger partial charge in [0.1, 0.15) is 0 Å². The first-order valence-electron chi connectivity index (χ1n) is 4.68. The molecule has 4 heteroatoms. The van der Waals surface area contributed by atoms with Crippen LogP contribution in [0, 0.1) is 12.8 Å². The van der Waals surface area contributed by atoms with Crippen LogP contribution in [0.15, 0.2) is 6.20 Å². The van der Waals surface area contributed by atoms with Crippen molar-refractivity contribution in [2.75, 3.05) is 0 Å². The molecule has 72 valence electrons. The number of rotatable bonds is 3. The molecule has 1 heterocycles. The fourth-order valence-corrected chi connectivity index (χ4v) is 1.83. The highest BCUT2D eigenvalue weighted by Gasteiger charge is 2.33. The second-order valence-corrected chi connectivity index (χ2v) is 3.83. The quantitative estimate of drug-likeness (QED) is 0.530. The van der Waals surface area contributed by atoms with Gasteiger partial charge in [-0.15, -0.1) is 0 Å². The number of nitrogens with one attached hydrogen (secondary N) is 1. The van der Waals surface area contributed by atoms with Crippen LogP contribution in [-0.2, 0) is 7.05 Å². The Kier molecular flexibility index (Phi) is 2.09. The van der Waals surface area contributed by atoms with Gasteiger partial charge in [-0.1, -0.05) is 0 Å². The minimum atomic E-state index is 0.300. The van der Waals surface area contributed by atoms with Crippen LogP contribution < -0.4 is 11.3 Å². The lowest BCUT2D eigenvalue weighted by atomic mass is 10.0. The molecule has 0 amide bonds. The van der Waals surface area contributed by atoms with Crippen LogP contribution in [0.25, 0.3) is 0 Å². The zero-order valence-electron chi connectivity index (χ0n) is 8.12. The van der Waals surface area contributed by atoms with Crippen molar-refractivity contribution in [3.8, 4) is 0 Å². The van der Waals surface area contributed by atoms with Crippen molar-refractivity contribution < 1.29 is 0 Å². The summed E-state index contributed by atoms with van der Waals surface area (Å²) in [5, 5.41) is 4.31. The van der Waals surface area contributed by atoms with Gasteiger partial charge in [0.2, 0.25) is 0 Å². The first-order chi connectivity index (χ1) is 6.22. The molecule has 13 heavy (non-hydrogen) atoms. The van der Waals surface area contributed by atoms with Crippen molar-refractivity contribution >= 4 is 0 Å². The molecule has 3 N–H and O–H groups in total. The summed E-state index contributed by atoms with van der Waals surface area (Å²) in [5.41, 5.74) is 5.21. The zero-order chi connectivity index (χ0) is 9.42. The van der Waals surface area contributed by atoms with E-state index in [0.29, 0.717) is 12.0 Å². The van der Waals surface area contributed by atoms with E-state index in [0.717, 1.165) is 5.69 Å². The zero-order valence-corrected chi connectivity index (χ0v) is 8.12. The molecule has 1 aliphatic carbocycles. The molecule has 0 bridgehead atoms. The molecular formula is C9H16N4. The first kappa shape index (κ1) is 8.72. The Balaban J connectivity index is 2.25. The van der Waals surface area contributed by atoms with Gasteiger partial charge in [0.25, 0.3) is 0 Å². The molecule has 1 fully saturated rings. The monoisotopic (exact) mass is 180 g/mol. The summed E-state index contributed by atoms with van der Waals surface area (Å²) in [6, 6.07) is 0.300. The lowest BCUT2D eigenvalue weighted by molar-refractivity contribution is 0.494. The van der Waals surface area contributed by atoms with Gasteiger partial charge in [-0.2, -0.15) is 5.10 Å². The van der Waals surface area contributed by atoms with Gasteiger partial charge in [-0.05, 0) is 25.7 Å². The summed E-state index contributed by atoms with van der Waals surface area (Å²) in [6.07, 6.45) is 4.62. The molecule has 1 atom stereocenters. The fourth-order valence-electron chi connectivity index (χ4n) is 1.83. The third-order valence-electron chi connectivity index (χ3n) is 2.66. The number of hydrogen-bond acceptors (Lipinski definition) is 3. The van der Waals surface area contributed by atoms with Gasteiger partial charge >= 0.3 is 0 Å². The van der Waals surface area contributed by atoms with Crippen LogP contribution in [0.4, 0.5) is 0 Å². The van der Waals surface area contributed by atoms with Crippen molar-refractivity contribution in [1.82, 2.24) is 15.2 Å². The van der Waals surface area contributed by atoms with Crippen LogP contribution in [0.3, 0.4) is 0 Å². The molecule has 4 nitrogen and oxygen atoms in total. The van der Waals surface area contributed by atoms with Crippen LogP contribution in [0.5, 0.6) is 0 Å². The normalized spacial score (nSPS) is 19.0. The third kappa shape index (κ3) is 1.59. The van der Waals surface area contributed by atoms with E-state index in [1.54, 1.807) is 0 Å². The van der Waals surface area contributed by atoms with E-state index in [2.05, 4.69) is 16.7 Å². The number of nitrogens with zero attached hydrogens (tertiary/aromatic N) is 2. The Morgan fingerprint density at radius 1 is 1.69 bits per heavy atom. The van der Waals surface area contributed by atoms with Crippen molar-refractivity contribution in [3.63, 3.8) is 0 Å². The molecule has 2 rings (SSSR count). The van der Waals surface area contributed by atoms with Crippen LogP contribution in [0.1, 0.15) is 30.1 Å². The van der Waals surface area contributed by atoms with Gasteiger partial charge in [0.05, 0.1) is 11.7 Å². The van der Waals surface area contributed by atoms with E-state index in [1.165, 1.54) is 18.4 Å². The molecule has 1 aromatic heterocycles. The number of nitrogens with two attached hydrogens (primary N) is 1. The summed E-state index contributed by atoms with van der Waals surface area (Å²) in [4.78, 5) is 0. The predicted molar refractivity (Wildman–Crippen MR) is 50.7 cm³/mol. The summed E-state index contributed by atoms with van der Waals surface area (Å²) in [6.45, 7) is 2.03. The van der Waals surface area contributed by atoms with Crippen molar-refractivity contribution in [2.24, 2.45) is 18.8 Å². The molecule has 0 aliphatic heterocycles. The summed E-state index contributed by atoms with van der Waals surface area (Å²) < 4.78 is 1.84. The minimum absolute atomic E-state index is 0.300. The number of hydrogen-bond donors (Lipinski definition) is 2. The average Bonchev–Trinajstić information content (AvgIpc) is 2.82. The molecular weight excluding hydrogens is 164 g/mol. The van der Waals surface area contributed by atoms with E-state index in [-0.39, 0.29) is 0 Å². The first-order valence-corrected chi connectivity index (χ1v) is 4.68. The third-order valence-corrected chi connectivity index (χ3v) is 2.66. The standard InChI is InChI=1S/C9H16N4/c1-6-8(5-13(2)12-6)9(11-10)7-3-4-7/h5,7,9,11H,3-4,10H2,1-2H3. The molecule has 0 saturated heterocycles. The van der Waals surface area contributed by atoms with Crippen molar-refractivity contribution in [1.29, 1.82) is 0 Å². The second kappa shape index (κ2) is 3.12. The Bertz CT molecular complexity index is 301. The van der Waals surface area contributed by atoms with Gasteiger partial charge in [0.15, 0.2) is 0 Å². The molecule has 1 aromatic rings. The van der Waals surface area contributed by atoms with Crippen LogP contribution in [0.2, 0.25) is 0 Å². The summed E-state index contributed by atoms with van der Waals surface area (Å²) in [7, 11) is 1.94. The Hall–Kier alpha value is -0.870. The number of aryl methyl sites for hydroxylation is 2. The molecule has 1 unspecified atom stereocenters. The number of hydrazine groups is 1. The second-order valence-electron chi connectivity index (χ2n) is 3.83. The Morgan fingerprint density at radius 2 is 2.38 bits per heavy atom. The largest absolute Gasteiger partial charge is 0.275 e. The van der Waals surface area contributed by atoms with Gasteiger partial charge < -0.3 is 0 Å². The van der Waals surface area contributed by atoms with Gasteiger partial charge in [-0.3, -0.25) is 16.0 Å². The van der Waals surface area contributed by atoms with E-state index < -0.39 is 0 Å². The maximum atomic E-state index is 5.54. The predicted octanol–water partition coefficient (Wildman–Crippen LogP) is 0.643. The minimum Gasteiger partial charge on any atom is -0.275 e. The Morgan fingerprint density at radius 3 is 2.77 bits per heavy atom. The average molecular weight is 180 g/mol. The van der Waals surface area contributed by atoms with Gasteiger partial charge in [-0.25, -0.2) is 0 Å². The maximum Gasteiger partial charge on any atom is 0.0642 e.